The monoisotopic (exact) mass is 235 g/mol. The maximum Gasteiger partial charge on any atom is 0.134 e. The first-order valence-electron chi connectivity index (χ1n) is 5.44. The first kappa shape index (κ1) is 11.8. The van der Waals surface area contributed by atoms with Crippen LogP contribution in [0.2, 0.25) is 0 Å². The summed E-state index contributed by atoms with van der Waals surface area (Å²) in [5.41, 5.74) is 6.13. The molecule has 2 aromatic rings. The van der Waals surface area contributed by atoms with Crippen LogP contribution in [-0.2, 0) is 0 Å². The van der Waals surface area contributed by atoms with Gasteiger partial charge in [-0.25, -0.2) is 4.39 Å². The van der Waals surface area contributed by atoms with Crippen LogP contribution >= 0.6 is 0 Å². The molecule has 0 saturated carbocycles. The number of nitrogens with two attached hydrogens (primary N) is 1. The minimum absolute atomic E-state index is 0.288. The Kier molecular flexibility index (Phi) is 3.56. The third-order valence-electron chi connectivity index (χ3n) is 2.52. The van der Waals surface area contributed by atoms with E-state index in [1.807, 2.05) is 0 Å². The van der Waals surface area contributed by atoms with Crippen LogP contribution in [0.4, 0.5) is 4.39 Å². The zero-order valence-electron chi connectivity index (χ0n) is 9.27. The lowest BCUT2D eigenvalue weighted by Crippen LogP contribution is -2.05. The van der Waals surface area contributed by atoms with Crippen molar-refractivity contribution >= 4 is 0 Å². The van der Waals surface area contributed by atoms with E-state index in [1.54, 1.807) is 24.3 Å². The fourth-order valence-electron chi connectivity index (χ4n) is 1.60. The number of furan rings is 1. The first-order valence-corrected chi connectivity index (χ1v) is 5.44. The summed E-state index contributed by atoms with van der Waals surface area (Å²) in [4.78, 5) is 0. The lowest BCUT2D eigenvalue weighted by molar-refractivity contribution is 0.144. The van der Waals surface area contributed by atoms with E-state index < -0.39 is 6.10 Å². The molecule has 4 heteroatoms. The van der Waals surface area contributed by atoms with Crippen LogP contribution in [0.25, 0.3) is 11.3 Å². The Bertz CT molecular complexity index is 478. The molecule has 3 N–H and O–H groups in total. The Morgan fingerprint density at radius 3 is 2.53 bits per heavy atom. The van der Waals surface area contributed by atoms with Crippen molar-refractivity contribution in [2.45, 2.75) is 12.5 Å². The highest BCUT2D eigenvalue weighted by Gasteiger charge is 2.12. The van der Waals surface area contributed by atoms with E-state index in [4.69, 9.17) is 10.2 Å². The quantitative estimate of drug-likeness (QED) is 0.855. The van der Waals surface area contributed by atoms with Crippen LogP contribution in [0.1, 0.15) is 18.3 Å². The second-order valence-electron chi connectivity index (χ2n) is 3.80. The van der Waals surface area contributed by atoms with E-state index in [-0.39, 0.29) is 5.82 Å². The van der Waals surface area contributed by atoms with Gasteiger partial charge in [0.25, 0.3) is 0 Å². The predicted octanol–water partition coefficient (Wildman–Crippen LogP) is 2.47. The highest BCUT2D eigenvalue weighted by molar-refractivity contribution is 5.57. The third kappa shape index (κ3) is 2.72. The molecule has 1 aromatic carbocycles. The molecule has 1 heterocycles. The molecule has 1 atom stereocenters. The van der Waals surface area contributed by atoms with Crippen molar-refractivity contribution in [2.24, 2.45) is 5.73 Å². The number of rotatable bonds is 4. The van der Waals surface area contributed by atoms with Gasteiger partial charge in [-0.15, -0.1) is 0 Å². The summed E-state index contributed by atoms with van der Waals surface area (Å²) in [5.74, 6) is 0.801. The molecule has 1 unspecified atom stereocenters. The molecule has 0 amide bonds. The topological polar surface area (TPSA) is 59.4 Å². The van der Waals surface area contributed by atoms with Gasteiger partial charge in [-0.05, 0) is 49.4 Å². The van der Waals surface area contributed by atoms with Gasteiger partial charge in [0.1, 0.15) is 23.4 Å². The Morgan fingerprint density at radius 1 is 1.18 bits per heavy atom. The smallest absolute Gasteiger partial charge is 0.134 e. The summed E-state index contributed by atoms with van der Waals surface area (Å²) in [6.45, 7) is 0.397. The van der Waals surface area contributed by atoms with Crippen molar-refractivity contribution in [3.8, 4) is 11.3 Å². The average molecular weight is 235 g/mol. The maximum atomic E-state index is 12.8. The second-order valence-corrected chi connectivity index (χ2v) is 3.80. The lowest BCUT2D eigenvalue weighted by Gasteiger charge is -2.04. The standard InChI is InChI=1S/C13H14FNO2/c14-10-3-1-9(2-4-10)12-5-6-13(17-12)11(16)7-8-15/h1-6,11,16H,7-8,15H2. The molecule has 0 bridgehead atoms. The number of aliphatic hydroxyl groups is 1. The Hall–Kier alpha value is -1.65. The molecule has 3 nitrogen and oxygen atoms in total. The molecule has 0 aliphatic heterocycles. The Morgan fingerprint density at radius 2 is 1.88 bits per heavy atom. The van der Waals surface area contributed by atoms with Crippen LogP contribution < -0.4 is 5.73 Å². The molecule has 0 fully saturated rings. The Balaban J connectivity index is 2.20. The minimum Gasteiger partial charge on any atom is -0.458 e. The van der Waals surface area contributed by atoms with Crippen molar-refractivity contribution in [1.82, 2.24) is 0 Å². The first-order chi connectivity index (χ1) is 8.20. The van der Waals surface area contributed by atoms with E-state index in [2.05, 4.69) is 0 Å². The molecule has 0 saturated heterocycles. The van der Waals surface area contributed by atoms with Crippen molar-refractivity contribution in [1.29, 1.82) is 0 Å². The van der Waals surface area contributed by atoms with Crippen molar-refractivity contribution in [3.05, 3.63) is 48.0 Å². The van der Waals surface area contributed by atoms with Crippen molar-refractivity contribution < 1.29 is 13.9 Å². The van der Waals surface area contributed by atoms with Crippen LogP contribution in [-0.4, -0.2) is 11.7 Å². The number of aliphatic hydroxyl groups excluding tert-OH is 1. The average Bonchev–Trinajstić information content (AvgIpc) is 2.80. The van der Waals surface area contributed by atoms with Gasteiger partial charge in [0.2, 0.25) is 0 Å². The number of hydrogen-bond acceptors (Lipinski definition) is 3. The molecule has 2 rings (SSSR count). The van der Waals surface area contributed by atoms with E-state index in [0.717, 1.165) is 5.56 Å². The fourth-order valence-corrected chi connectivity index (χ4v) is 1.60. The molecule has 90 valence electrons. The van der Waals surface area contributed by atoms with Gasteiger partial charge in [-0.1, -0.05) is 0 Å². The normalized spacial score (nSPS) is 12.6. The fraction of sp³-hybridized carbons (Fsp3) is 0.231. The van der Waals surface area contributed by atoms with E-state index in [9.17, 15) is 9.50 Å². The highest BCUT2D eigenvalue weighted by Crippen LogP contribution is 2.26. The van der Waals surface area contributed by atoms with Gasteiger partial charge in [0.15, 0.2) is 0 Å². The predicted molar refractivity (Wildman–Crippen MR) is 62.7 cm³/mol. The van der Waals surface area contributed by atoms with Gasteiger partial charge in [0.05, 0.1) is 0 Å². The van der Waals surface area contributed by atoms with E-state index in [1.165, 1.54) is 12.1 Å². The van der Waals surface area contributed by atoms with E-state index in [0.29, 0.717) is 24.5 Å². The zero-order chi connectivity index (χ0) is 12.3. The maximum absolute atomic E-state index is 12.8. The second kappa shape index (κ2) is 5.12. The van der Waals surface area contributed by atoms with Crippen molar-refractivity contribution in [3.63, 3.8) is 0 Å². The number of halogens is 1. The molecule has 1 aromatic heterocycles. The lowest BCUT2D eigenvalue weighted by atomic mass is 10.2. The summed E-state index contributed by atoms with van der Waals surface area (Å²) < 4.78 is 18.2. The van der Waals surface area contributed by atoms with Crippen LogP contribution in [0.3, 0.4) is 0 Å². The third-order valence-corrected chi connectivity index (χ3v) is 2.52. The molecular weight excluding hydrogens is 221 g/mol. The zero-order valence-corrected chi connectivity index (χ0v) is 9.27. The molecule has 0 aliphatic rings. The van der Waals surface area contributed by atoms with Gasteiger partial charge in [-0.2, -0.15) is 0 Å². The van der Waals surface area contributed by atoms with Gasteiger partial charge in [-0.3, -0.25) is 0 Å². The minimum atomic E-state index is -0.686. The van der Waals surface area contributed by atoms with E-state index >= 15 is 0 Å². The van der Waals surface area contributed by atoms with Crippen LogP contribution in [0.15, 0.2) is 40.8 Å². The molecular formula is C13H14FNO2. The van der Waals surface area contributed by atoms with Gasteiger partial charge in [0, 0.05) is 5.56 Å². The number of hydrogen-bond donors (Lipinski definition) is 2. The highest BCUT2D eigenvalue weighted by atomic mass is 19.1. The summed E-state index contributed by atoms with van der Waals surface area (Å²) in [5, 5.41) is 9.69. The Labute approximate surface area is 98.7 Å². The molecule has 0 aliphatic carbocycles. The molecule has 0 radical (unpaired) electrons. The van der Waals surface area contributed by atoms with Crippen LogP contribution in [0, 0.1) is 5.82 Å². The summed E-state index contributed by atoms with van der Waals surface area (Å²) in [6, 6.07) is 9.46. The van der Waals surface area contributed by atoms with Crippen molar-refractivity contribution in [2.75, 3.05) is 6.54 Å². The van der Waals surface area contributed by atoms with Gasteiger partial charge < -0.3 is 15.3 Å². The SMILES string of the molecule is NCCC(O)c1ccc(-c2ccc(F)cc2)o1. The molecule has 17 heavy (non-hydrogen) atoms. The summed E-state index contributed by atoms with van der Waals surface area (Å²) in [6.07, 6.45) is -0.231. The summed E-state index contributed by atoms with van der Waals surface area (Å²) in [7, 11) is 0. The van der Waals surface area contributed by atoms with Gasteiger partial charge >= 0.3 is 0 Å². The summed E-state index contributed by atoms with van der Waals surface area (Å²) >= 11 is 0. The van der Waals surface area contributed by atoms with Crippen LogP contribution in [0.5, 0.6) is 0 Å². The largest absolute Gasteiger partial charge is 0.458 e. The number of benzene rings is 1. The molecule has 0 spiro atoms.